The number of anilines is 1. The van der Waals surface area contributed by atoms with Gasteiger partial charge in [-0.15, -0.1) is 0 Å². The number of hydrogen-bond donors (Lipinski definition) is 1. The van der Waals surface area contributed by atoms with E-state index in [0.29, 0.717) is 0 Å². The van der Waals surface area contributed by atoms with Crippen molar-refractivity contribution in [3.8, 4) is 11.3 Å². The van der Waals surface area contributed by atoms with Gasteiger partial charge in [0.2, 0.25) is 5.91 Å². The highest BCUT2D eigenvalue weighted by Gasteiger charge is 2.08. The fourth-order valence-electron chi connectivity index (χ4n) is 2.17. The van der Waals surface area contributed by atoms with Crippen LogP contribution in [0.1, 0.15) is 6.92 Å². The fraction of sp³-hybridized carbons (Fsp3) is 0.0667. The molecule has 3 aromatic rings. The number of para-hydroxylation sites is 1. The molecule has 0 fully saturated rings. The van der Waals surface area contributed by atoms with Gasteiger partial charge in [-0.3, -0.25) is 9.20 Å². The number of carbonyl (C=O) groups excluding carboxylic acids is 1. The Morgan fingerprint density at radius 2 is 2.00 bits per heavy atom. The van der Waals surface area contributed by atoms with Crippen LogP contribution in [0, 0.1) is 0 Å². The number of nitrogens with one attached hydrogen (secondary N) is 1. The van der Waals surface area contributed by atoms with Crippen molar-refractivity contribution in [2.24, 2.45) is 0 Å². The lowest BCUT2D eigenvalue weighted by Crippen LogP contribution is -2.07. The Balaban J connectivity index is 2.21. The SMILES string of the molecule is CC(=O)Nc1ccccc1-c1cccc2nccn12. The van der Waals surface area contributed by atoms with Gasteiger partial charge in [-0.05, 0) is 18.2 Å². The summed E-state index contributed by atoms with van der Waals surface area (Å²) in [7, 11) is 0. The summed E-state index contributed by atoms with van der Waals surface area (Å²) in [5.74, 6) is -0.0785. The largest absolute Gasteiger partial charge is 0.326 e. The number of nitrogens with zero attached hydrogens (tertiary/aromatic N) is 2. The van der Waals surface area contributed by atoms with Crippen LogP contribution in [0.2, 0.25) is 0 Å². The van der Waals surface area contributed by atoms with Gasteiger partial charge in [0.05, 0.1) is 11.4 Å². The third-order valence-electron chi connectivity index (χ3n) is 2.94. The van der Waals surface area contributed by atoms with Gasteiger partial charge < -0.3 is 5.32 Å². The van der Waals surface area contributed by atoms with Crippen molar-refractivity contribution < 1.29 is 4.79 Å². The smallest absolute Gasteiger partial charge is 0.221 e. The van der Waals surface area contributed by atoms with Crippen LogP contribution in [0.5, 0.6) is 0 Å². The molecule has 2 heterocycles. The van der Waals surface area contributed by atoms with E-state index in [1.54, 1.807) is 6.20 Å². The van der Waals surface area contributed by atoms with Gasteiger partial charge in [0.1, 0.15) is 5.65 Å². The summed E-state index contributed by atoms with van der Waals surface area (Å²) in [5, 5.41) is 2.86. The van der Waals surface area contributed by atoms with E-state index in [-0.39, 0.29) is 5.91 Å². The first-order chi connectivity index (χ1) is 9.25. The maximum Gasteiger partial charge on any atom is 0.221 e. The molecule has 0 saturated carbocycles. The van der Waals surface area contributed by atoms with Crippen LogP contribution < -0.4 is 5.32 Å². The van der Waals surface area contributed by atoms with Crippen molar-refractivity contribution in [2.75, 3.05) is 5.32 Å². The predicted octanol–water partition coefficient (Wildman–Crippen LogP) is 2.96. The molecular formula is C15H13N3O. The lowest BCUT2D eigenvalue weighted by molar-refractivity contribution is -0.114. The molecule has 0 saturated heterocycles. The average molecular weight is 251 g/mol. The quantitative estimate of drug-likeness (QED) is 0.761. The minimum absolute atomic E-state index is 0.0785. The number of aromatic nitrogens is 2. The summed E-state index contributed by atoms with van der Waals surface area (Å²) in [4.78, 5) is 15.6. The standard InChI is InChI=1S/C15H13N3O/c1-11(19)17-13-6-3-2-5-12(13)14-7-4-8-15-16-9-10-18(14)15/h2-10H,1H3,(H,17,19). The second-order valence-electron chi connectivity index (χ2n) is 4.29. The van der Waals surface area contributed by atoms with Crippen molar-refractivity contribution in [1.29, 1.82) is 0 Å². The fourth-order valence-corrected chi connectivity index (χ4v) is 2.17. The maximum atomic E-state index is 11.3. The molecule has 1 amide bonds. The number of amides is 1. The Labute approximate surface area is 110 Å². The van der Waals surface area contributed by atoms with Crippen molar-refractivity contribution in [2.45, 2.75) is 6.92 Å². The molecule has 94 valence electrons. The molecule has 4 nitrogen and oxygen atoms in total. The van der Waals surface area contributed by atoms with Crippen molar-refractivity contribution in [1.82, 2.24) is 9.38 Å². The Hall–Kier alpha value is -2.62. The molecule has 0 aliphatic carbocycles. The van der Waals surface area contributed by atoms with Crippen molar-refractivity contribution in [3.63, 3.8) is 0 Å². The number of imidazole rings is 1. The van der Waals surface area contributed by atoms with Crippen LogP contribution in [0.4, 0.5) is 5.69 Å². The van der Waals surface area contributed by atoms with E-state index in [1.165, 1.54) is 6.92 Å². The molecular weight excluding hydrogens is 238 g/mol. The minimum atomic E-state index is -0.0785. The van der Waals surface area contributed by atoms with E-state index in [4.69, 9.17) is 0 Å². The molecule has 4 heteroatoms. The van der Waals surface area contributed by atoms with Gasteiger partial charge in [-0.25, -0.2) is 4.98 Å². The molecule has 1 aromatic carbocycles. The summed E-state index contributed by atoms with van der Waals surface area (Å²) in [5.41, 5.74) is 3.66. The Morgan fingerprint density at radius 1 is 1.16 bits per heavy atom. The highest BCUT2D eigenvalue weighted by molar-refractivity contribution is 5.93. The molecule has 0 aliphatic rings. The normalized spacial score (nSPS) is 10.6. The monoisotopic (exact) mass is 251 g/mol. The van der Waals surface area contributed by atoms with E-state index in [0.717, 1.165) is 22.6 Å². The van der Waals surface area contributed by atoms with Crippen LogP contribution in [-0.2, 0) is 4.79 Å². The zero-order chi connectivity index (χ0) is 13.2. The molecule has 2 aromatic heterocycles. The van der Waals surface area contributed by atoms with Crippen molar-refractivity contribution in [3.05, 3.63) is 54.9 Å². The Kier molecular flexibility index (Phi) is 2.76. The number of hydrogen-bond acceptors (Lipinski definition) is 2. The zero-order valence-corrected chi connectivity index (χ0v) is 10.5. The topological polar surface area (TPSA) is 46.4 Å². The average Bonchev–Trinajstić information content (AvgIpc) is 2.87. The number of carbonyl (C=O) groups is 1. The first-order valence-corrected chi connectivity index (χ1v) is 6.05. The van der Waals surface area contributed by atoms with Crippen LogP contribution in [-0.4, -0.2) is 15.3 Å². The molecule has 19 heavy (non-hydrogen) atoms. The minimum Gasteiger partial charge on any atom is -0.326 e. The predicted molar refractivity (Wildman–Crippen MR) is 74.9 cm³/mol. The van der Waals surface area contributed by atoms with E-state index in [9.17, 15) is 4.79 Å². The maximum absolute atomic E-state index is 11.3. The van der Waals surface area contributed by atoms with Crippen LogP contribution in [0.3, 0.4) is 0 Å². The van der Waals surface area contributed by atoms with E-state index in [1.807, 2.05) is 53.1 Å². The molecule has 0 unspecified atom stereocenters. The second kappa shape index (κ2) is 4.57. The molecule has 0 spiro atoms. The molecule has 1 N–H and O–H groups in total. The summed E-state index contributed by atoms with van der Waals surface area (Å²) < 4.78 is 2.00. The molecule has 0 atom stereocenters. The highest BCUT2D eigenvalue weighted by atomic mass is 16.1. The van der Waals surface area contributed by atoms with Gasteiger partial charge in [-0.2, -0.15) is 0 Å². The van der Waals surface area contributed by atoms with Gasteiger partial charge in [0.15, 0.2) is 0 Å². The lowest BCUT2D eigenvalue weighted by Gasteiger charge is -2.11. The van der Waals surface area contributed by atoms with E-state index >= 15 is 0 Å². The van der Waals surface area contributed by atoms with Crippen molar-refractivity contribution >= 4 is 17.2 Å². The third kappa shape index (κ3) is 2.08. The summed E-state index contributed by atoms with van der Waals surface area (Å²) in [6.07, 6.45) is 3.68. The number of fused-ring (bicyclic) bond motifs is 1. The summed E-state index contributed by atoms with van der Waals surface area (Å²) >= 11 is 0. The van der Waals surface area contributed by atoms with Gasteiger partial charge in [-0.1, -0.05) is 24.3 Å². The van der Waals surface area contributed by atoms with Gasteiger partial charge in [0.25, 0.3) is 0 Å². The number of pyridine rings is 1. The number of benzene rings is 1. The lowest BCUT2D eigenvalue weighted by atomic mass is 10.1. The van der Waals surface area contributed by atoms with Crippen LogP contribution >= 0.6 is 0 Å². The van der Waals surface area contributed by atoms with Gasteiger partial charge in [0, 0.05) is 24.9 Å². The summed E-state index contributed by atoms with van der Waals surface area (Å²) in [6.45, 7) is 1.51. The molecule has 0 radical (unpaired) electrons. The first kappa shape index (κ1) is 11.5. The first-order valence-electron chi connectivity index (χ1n) is 6.05. The van der Waals surface area contributed by atoms with Gasteiger partial charge >= 0.3 is 0 Å². The van der Waals surface area contributed by atoms with Crippen LogP contribution in [0.15, 0.2) is 54.9 Å². The van der Waals surface area contributed by atoms with Crippen LogP contribution in [0.25, 0.3) is 16.9 Å². The summed E-state index contributed by atoms with van der Waals surface area (Å²) in [6, 6.07) is 13.7. The van der Waals surface area contributed by atoms with E-state index < -0.39 is 0 Å². The highest BCUT2D eigenvalue weighted by Crippen LogP contribution is 2.28. The second-order valence-corrected chi connectivity index (χ2v) is 4.29. The molecule has 0 bridgehead atoms. The zero-order valence-electron chi connectivity index (χ0n) is 10.5. The molecule has 3 rings (SSSR count). The third-order valence-corrected chi connectivity index (χ3v) is 2.94. The molecule has 0 aliphatic heterocycles. The van der Waals surface area contributed by atoms with E-state index in [2.05, 4.69) is 10.3 Å². The number of rotatable bonds is 2. The Bertz CT molecular complexity index is 746. The Morgan fingerprint density at radius 3 is 2.84 bits per heavy atom.